The van der Waals surface area contributed by atoms with E-state index in [4.69, 9.17) is 11.6 Å². The molecule has 0 aromatic heterocycles. The quantitative estimate of drug-likeness (QED) is 0.528. The van der Waals surface area contributed by atoms with Crippen LogP contribution in [0.4, 0.5) is 4.79 Å². The standard InChI is InChI=1S/C9H18ClN3O/c1-3-12(4-2)13-7-5-11(6-8-13)9(10)14/h3-8H2,1-2H3. The smallest absolute Gasteiger partial charge is 0.316 e. The summed E-state index contributed by atoms with van der Waals surface area (Å²) in [6.45, 7) is 9.57. The Morgan fingerprint density at radius 3 is 2.07 bits per heavy atom. The third kappa shape index (κ3) is 2.83. The van der Waals surface area contributed by atoms with Crippen molar-refractivity contribution in [2.24, 2.45) is 0 Å². The van der Waals surface area contributed by atoms with Gasteiger partial charge in [0.25, 0.3) is 0 Å². The second kappa shape index (κ2) is 5.53. The molecule has 0 saturated carbocycles. The van der Waals surface area contributed by atoms with E-state index in [-0.39, 0.29) is 5.37 Å². The second-order valence-corrected chi connectivity index (χ2v) is 3.66. The molecule has 0 spiro atoms. The first-order chi connectivity index (χ1) is 6.69. The minimum absolute atomic E-state index is 0.329. The minimum Gasteiger partial charge on any atom is -0.327 e. The number of carbonyl (C=O) groups is 1. The normalized spacial score (nSPS) is 19.0. The monoisotopic (exact) mass is 219 g/mol. The van der Waals surface area contributed by atoms with Crippen molar-refractivity contribution in [3.63, 3.8) is 0 Å². The maximum absolute atomic E-state index is 10.9. The van der Waals surface area contributed by atoms with Gasteiger partial charge in [0, 0.05) is 39.3 Å². The van der Waals surface area contributed by atoms with Gasteiger partial charge in [-0.3, -0.25) is 4.79 Å². The van der Waals surface area contributed by atoms with Crippen molar-refractivity contribution in [3.05, 3.63) is 0 Å². The van der Waals surface area contributed by atoms with Gasteiger partial charge in [-0.15, -0.1) is 0 Å². The van der Waals surface area contributed by atoms with Crippen LogP contribution < -0.4 is 0 Å². The molecule has 1 fully saturated rings. The molecule has 14 heavy (non-hydrogen) atoms. The molecule has 1 heterocycles. The zero-order chi connectivity index (χ0) is 10.6. The van der Waals surface area contributed by atoms with Crippen molar-refractivity contribution in [3.8, 4) is 0 Å². The largest absolute Gasteiger partial charge is 0.327 e. The molecule has 1 amide bonds. The average Bonchev–Trinajstić information content (AvgIpc) is 2.20. The first-order valence-corrected chi connectivity index (χ1v) is 5.51. The molecular weight excluding hydrogens is 202 g/mol. The number of piperazine rings is 1. The molecule has 0 aromatic carbocycles. The summed E-state index contributed by atoms with van der Waals surface area (Å²) in [5.74, 6) is 0. The van der Waals surface area contributed by atoms with Crippen LogP contribution in [0.5, 0.6) is 0 Å². The topological polar surface area (TPSA) is 26.8 Å². The van der Waals surface area contributed by atoms with E-state index in [1.807, 2.05) is 0 Å². The summed E-state index contributed by atoms with van der Waals surface area (Å²) in [6, 6.07) is 0. The van der Waals surface area contributed by atoms with Gasteiger partial charge >= 0.3 is 5.37 Å². The van der Waals surface area contributed by atoms with Crippen molar-refractivity contribution in [2.45, 2.75) is 13.8 Å². The highest BCUT2D eigenvalue weighted by molar-refractivity contribution is 6.62. The number of carbonyl (C=O) groups excluding carboxylic acids is 1. The molecule has 1 rings (SSSR count). The molecule has 1 aliphatic heterocycles. The number of hydrazine groups is 1. The van der Waals surface area contributed by atoms with Gasteiger partial charge in [0.15, 0.2) is 0 Å². The Balaban J connectivity index is 2.38. The van der Waals surface area contributed by atoms with Crippen LogP contribution in [-0.2, 0) is 0 Å². The molecular formula is C9H18ClN3O. The van der Waals surface area contributed by atoms with Crippen molar-refractivity contribution >= 4 is 17.0 Å². The van der Waals surface area contributed by atoms with Gasteiger partial charge < -0.3 is 4.90 Å². The molecule has 0 bridgehead atoms. The SMILES string of the molecule is CCN(CC)N1CCN(C(=O)Cl)CC1. The lowest BCUT2D eigenvalue weighted by Gasteiger charge is -2.39. The third-order valence-electron chi connectivity index (χ3n) is 2.63. The Kier molecular flexibility index (Phi) is 4.65. The van der Waals surface area contributed by atoms with Crippen LogP contribution in [0.25, 0.3) is 0 Å². The van der Waals surface area contributed by atoms with Crippen LogP contribution >= 0.6 is 11.6 Å². The second-order valence-electron chi connectivity index (χ2n) is 3.33. The van der Waals surface area contributed by atoms with Crippen LogP contribution in [-0.4, -0.2) is 59.6 Å². The molecule has 0 aliphatic carbocycles. The first-order valence-electron chi connectivity index (χ1n) is 5.13. The third-order valence-corrected chi connectivity index (χ3v) is 2.87. The number of halogens is 1. The van der Waals surface area contributed by atoms with E-state index in [2.05, 4.69) is 23.9 Å². The number of hydrogen-bond donors (Lipinski definition) is 0. The molecule has 0 aromatic rings. The van der Waals surface area contributed by atoms with Crippen LogP contribution in [0.1, 0.15) is 13.8 Å². The fraction of sp³-hybridized carbons (Fsp3) is 0.889. The predicted molar refractivity (Wildman–Crippen MR) is 57.3 cm³/mol. The highest BCUT2D eigenvalue weighted by Gasteiger charge is 2.22. The molecule has 0 N–H and O–H groups in total. The maximum atomic E-state index is 10.9. The van der Waals surface area contributed by atoms with Gasteiger partial charge in [0.2, 0.25) is 0 Å². The van der Waals surface area contributed by atoms with E-state index in [1.165, 1.54) is 0 Å². The van der Waals surface area contributed by atoms with Gasteiger partial charge in [-0.25, -0.2) is 10.0 Å². The first kappa shape index (κ1) is 11.8. The van der Waals surface area contributed by atoms with E-state index in [9.17, 15) is 4.79 Å². The Morgan fingerprint density at radius 1 is 1.21 bits per heavy atom. The molecule has 5 heteroatoms. The lowest BCUT2D eigenvalue weighted by Crippen LogP contribution is -2.54. The predicted octanol–water partition coefficient (Wildman–Crippen LogP) is 1.22. The van der Waals surface area contributed by atoms with Crippen LogP contribution in [0.15, 0.2) is 0 Å². The summed E-state index contributed by atoms with van der Waals surface area (Å²) in [4.78, 5) is 12.6. The Labute approximate surface area is 90.4 Å². The lowest BCUT2D eigenvalue weighted by atomic mass is 10.4. The van der Waals surface area contributed by atoms with Crippen LogP contribution in [0.3, 0.4) is 0 Å². The maximum Gasteiger partial charge on any atom is 0.316 e. The number of nitrogens with zero attached hydrogens (tertiary/aromatic N) is 3. The van der Waals surface area contributed by atoms with E-state index >= 15 is 0 Å². The van der Waals surface area contributed by atoms with E-state index in [0.29, 0.717) is 0 Å². The fourth-order valence-corrected chi connectivity index (χ4v) is 1.95. The zero-order valence-corrected chi connectivity index (χ0v) is 9.63. The number of amides is 1. The Morgan fingerprint density at radius 2 is 1.71 bits per heavy atom. The van der Waals surface area contributed by atoms with Gasteiger partial charge in [0.05, 0.1) is 0 Å². The Bertz CT molecular complexity index is 188. The summed E-state index contributed by atoms with van der Waals surface area (Å²) >= 11 is 5.41. The van der Waals surface area contributed by atoms with Crippen molar-refractivity contribution in [1.82, 2.24) is 14.9 Å². The summed E-state index contributed by atoms with van der Waals surface area (Å²) < 4.78 is 0. The summed E-state index contributed by atoms with van der Waals surface area (Å²) in [5, 5.41) is 4.25. The molecule has 1 saturated heterocycles. The van der Waals surface area contributed by atoms with Crippen LogP contribution in [0.2, 0.25) is 0 Å². The fourth-order valence-electron chi connectivity index (χ4n) is 1.78. The Hall–Kier alpha value is -0.320. The van der Waals surface area contributed by atoms with Gasteiger partial charge in [-0.05, 0) is 11.6 Å². The van der Waals surface area contributed by atoms with E-state index < -0.39 is 0 Å². The average molecular weight is 220 g/mol. The number of rotatable bonds is 3. The molecule has 82 valence electrons. The summed E-state index contributed by atoms with van der Waals surface area (Å²) in [6.07, 6.45) is 0. The van der Waals surface area contributed by atoms with Crippen molar-refractivity contribution in [2.75, 3.05) is 39.3 Å². The van der Waals surface area contributed by atoms with Gasteiger partial charge in [0.1, 0.15) is 0 Å². The highest BCUT2D eigenvalue weighted by Crippen LogP contribution is 2.07. The lowest BCUT2D eigenvalue weighted by molar-refractivity contribution is -0.0416. The molecule has 0 radical (unpaired) electrons. The van der Waals surface area contributed by atoms with Crippen molar-refractivity contribution in [1.29, 1.82) is 0 Å². The molecule has 4 nitrogen and oxygen atoms in total. The minimum atomic E-state index is -0.329. The van der Waals surface area contributed by atoms with E-state index in [1.54, 1.807) is 4.90 Å². The van der Waals surface area contributed by atoms with Crippen LogP contribution in [0, 0.1) is 0 Å². The molecule has 1 aliphatic rings. The highest BCUT2D eigenvalue weighted by atomic mass is 35.5. The van der Waals surface area contributed by atoms with E-state index in [0.717, 1.165) is 39.3 Å². The summed E-state index contributed by atoms with van der Waals surface area (Å²) in [5.41, 5.74) is 0. The zero-order valence-electron chi connectivity index (χ0n) is 8.87. The van der Waals surface area contributed by atoms with Crippen molar-refractivity contribution < 1.29 is 4.79 Å². The molecule has 0 atom stereocenters. The number of hydrogen-bond acceptors (Lipinski definition) is 3. The van der Waals surface area contributed by atoms with Gasteiger partial charge in [-0.1, -0.05) is 13.8 Å². The van der Waals surface area contributed by atoms with Gasteiger partial charge in [-0.2, -0.15) is 0 Å². The summed E-state index contributed by atoms with van der Waals surface area (Å²) in [7, 11) is 0. The molecule has 0 unspecified atom stereocenters.